The molecule has 3 aromatic rings. The first-order chi connectivity index (χ1) is 16.8. The second kappa shape index (κ2) is 10.5. The lowest BCUT2D eigenvalue weighted by atomic mass is 10.2. The molecule has 1 N–H and O–H groups in total. The van der Waals surface area contributed by atoms with E-state index in [1.165, 1.54) is 23.1 Å². The van der Waals surface area contributed by atoms with Gasteiger partial charge in [0.2, 0.25) is 0 Å². The molecule has 0 unspecified atom stereocenters. The van der Waals surface area contributed by atoms with Crippen LogP contribution in [0, 0.1) is 17.0 Å². The quantitative estimate of drug-likeness (QED) is 0.200. The topological polar surface area (TPSA) is 102 Å². The van der Waals surface area contributed by atoms with Crippen LogP contribution in [0.1, 0.15) is 11.1 Å². The number of hydrogen-bond acceptors (Lipinski definition) is 7. The van der Waals surface area contributed by atoms with Crippen molar-refractivity contribution >= 4 is 63.3 Å². The Labute approximate surface area is 210 Å². The third kappa shape index (κ3) is 5.92. The van der Waals surface area contributed by atoms with E-state index in [9.17, 15) is 19.7 Å². The lowest BCUT2D eigenvalue weighted by molar-refractivity contribution is -0.384. The molecule has 1 aliphatic heterocycles. The van der Waals surface area contributed by atoms with Crippen LogP contribution in [0.25, 0.3) is 6.08 Å². The molecule has 8 nitrogen and oxygen atoms in total. The van der Waals surface area contributed by atoms with E-state index in [0.29, 0.717) is 26.3 Å². The highest BCUT2D eigenvalue weighted by atomic mass is 32.2. The van der Waals surface area contributed by atoms with Crippen LogP contribution in [0.2, 0.25) is 0 Å². The molecule has 0 aromatic heterocycles. The summed E-state index contributed by atoms with van der Waals surface area (Å²) in [6.07, 6.45) is 1.69. The van der Waals surface area contributed by atoms with Crippen LogP contribution in [0.5, 0.6) is 5.75 Å². The van der Waals surface area contributed by atoms with Gasteiger partial charge in [-0.3, -0.25) is 24.6 Å². The average molecular weight is 506 g/mol. The molecule has 0 radical (unpaired) electrons. The monoisotopic (exact) mass is 505 g/mol. The maximum absolute atomic E-state index is 12.9. The fourth-order valence-corrected chi connectivity index (χ4v) is 4.53. The van der Waals surface area contributed by atoms with Gasteiger partial charge in [0.05, 0.1) is 15.5 Å². The number of non-ortho nitro benzene ring substituents is 1. The lowest BCUT2D eigenvalue weighted by Crippen LogP contribution is -2.27. The molecule has 2 amide bonds. The Bertz CT molecular complexity index is 1340. The predicted molar refractivity (Wildman–Crippen MR) is 140 cm³/mol. The van der Waals surface area contributed by atoms with Crippen LogP contribution in [0.4, 0.5) is 17.1 Å². The fourth-order valence-electron chi connectivity index (χ4n) is 3.23. The van der Waals surface area contributed by atoms with Crippen molar-refractivity contribution in [3.05, 3.63) is 98.9 Å². The van der Waals surface area contributed by atoms with Gasteiger partial charge >= 0.3 is 0 Å². The lowest BCUT2D eigenvalue weighted by Gasteiger charge is -2.13. The molecular weight excluding hydrogens is 486 g/mol. The maximum Gasteiger partial charge on any atom is 0.271 e. The molecule has 0 spiro atoms. The summed E-state index contributed by atoms with van der Waals surface area (Å²) in [5, 5.41) is 13.8. The number of thiocarbonyl (C=S) groups is 1. The highest BCUT2D eigenvalue weighted by Crippen LogP contribution is 2.37. The van der Waals surface area contributed by atoms with Gasteiger partial charge in [0.15, 0.2) is 10.9 Å². The number of amides is 2. The van der Waals surface area contributed by atoms with Crippen molar-refractivity contribution in [3.63, 3.8) is 0 Å². The van der Waals surface area contributed by atoms with E-state index in [1.54, 1.807) is 36.4 Å². The first-order valence-electron chi connectivity index (χ1n) is 10.4. The van der Waals surface area contributed by atoms with Crippen molar-refractivity contribution in [2.24, 2.45) is 0 Å². The number of thioether (sulfide) groups is 1. The number of carbonyl (C=O) groups excluding carboxylic acids is 2. The Kier molecular flexibility index (Phi) is 7.23. The number of nitrogens with one attached hydrogen (secondary N) is 1. The van der Waals surface area contributed by atoms with E-state index < -0.39 is 4.92 Å². The van der Waals surface area contributed by atoms with Gasteiger partial charge in [-0.25, -0.2) is 0 Å². The van der Waals surface area contributed by atoms with Gasteiger partial charge in [0.25, 0.3) is 17.5 Å². The highest BCUT2D eigenvalue weighted by Gasteiger charge is 2.33. The van der Waals surface area contributed by atoms with Crippen molar-refractivity contribution in [2.75, 3.05) is 16.8 Å². The van der Waals surface area contributed by atoms with Crippen LogP contribution in [-0.4, -0.2) is 27.7 Å². The Morgan fingerprint density at radius 2 is 1.86 bits per heavy atom. The molecule has 0 aliphatic carbocycles. The number of benzene rings is 3. The Morgan fingerprint density at radius 3 is 2.54 bits per heavy atom. The number of nitrogens with zero attached hydrogens (tertiary/aromatic N) is 2. The molecule has 0 saturated carbocycles. The van der Waals surface area contributed by atoms with Crippen molar-refractivity contribution in [1.29, 1.82) is 0 Å². The zero-order chi connectivity index (χ0) is 24.9. The number of nitro groups is 1. The zero-order valence-corrected chi connectivity index (χ0v) is 20.1. The van der Waals surface area contributed by atoms with E-state index in [0.717, 1.165) is 22.9 Å². The minimum Gasteiger partial charge on any atom is -0.484 e. The second-order valence-electron chi connectivity index (χ2n) is 7.57. The van der Waals surface area contributed by atoms with E-state index >= 15 is 0 Å². The summed E-state index contributed by atoms with van der Waals surface area (Å²) in [6.45, 7) is 1.83. The molecule has 1 saturated heterocycles. The standard InChI is InChI=1S/C25H19N3O5S2/c1-16-5-9-18(10-6-16)26-23(29)15-33-21-11-7-17(8-12-21)13-22-24(30)27(25(34)35-22)19-3-2-4-20(14-19)28(31)32/h2-14H,15H2,1H3,(H,26,29)/b22-13-. The fraction of sp³-hybridized carbons (Fsp3) is 0.0800. The summed E-state index contributed by atoms with van der Waals surface area (Å²) >= 11 is 6.45. The first-order valence-corrected chi connectivity index (χ1v) is 11.6. The number of ether oxygens (including phenoxy) is 1. The first kappa shape index (κ1) is 24.1. The largest absolute Gasteiger partial charge is 0.484 e. The van der Waals surface area contributed by atoms with Crippen LogP contribution >= 0.6 is 24.0 Å². The summed E-state index contributed by atoms with van der Waals surface area (Å²) in [7, 11) is 0. The smallest absolute Gasteiger partial charge is 0.271 e. The number of nitro benzene ring substituents is 1. The molecule has 1 fully saturated rings. The van der Waals surface area contributed by atoms with Crippen molar-refractivity contribution in [2.45, 2.75) is 6.92 Å². The molecule has 1 aliphatic rings. The molecule has 3 aromatic carbocycles. The molecule has 176 valence electrons. The van der Waals surface area contributed by atoms with Crippen molar-refractivity contribution in [1.82, 2.24) is 0 Å². The van der Waals surface area contributed by atoms with Crippen molar-refractivity contribution < 1.29 is 19.2 Å². The van der Waals surface area contributed by atoms with Gasteiger partial charge < -0.3 is 10.1 Å². The van der Waals surface area contributed by atoms with Gasteiger partial charge in [-0.05, 0) is 48.9 Å². The minimum absolute atomic E-state index is 0.122. The normalized spacial score (nSPS) is 14.3. The van der Waals surface area contributed by atoms with Gasteiger partial charge in [-0.2, -0.15) is 0 Å². The van der Waals surface area contributed by atoms with Gasteiger partial charge in [0.1, 0.15) is 5.75 Å². The average Bonchev–Trinajstić information content (AvgIpc) is 3.12. The molecule has 10 heteroatoms. The number of anilines is 2. The summed E-state index contributed by atoms with van der Waals surface area (Å²) in [5.74, 6) is -0.123. The molecule has 35 heavy (non-hydrogen) atoms. The Hall–Kier alpha value is -4.02. The number of rotatable bonds is 7. The Balaban J connectivity index is 1.38. The molecule has 4 rings (SSSR count). The Morgan fingerprint density at radius 1 is 1.14 bits per heavy atom. The molecular formula is C25H19N3O5S2. The van der Waals surface area contributed by atoms with Gasteiger partial charge in [-0.1, -0.05) is 59.9 Å². The number of hydrogen-bond donors (Lipinski definition) is 1. The SMILES string of the molecule is Cc1ccc(NC(=O)COc2ccc(/C=C3\SC(=S)N(c4cccc([N+](=O)[O-])c4)C3=O)cc2)cc1. The third-order valence-electron chi connectivity index (χ3n) is 4.98. The highest BCUT2D eigenvalue weighted by molar-refractivity contribution is 8.27. The van der Waals surface area contributed by atoms with E-state index in [-0.39, 0.29) is 24.1 Å². The third-order valence-corrected chi connectivity index (χ3v) is 6.28. The second-order valence-corrected chi connectivity index (χ2v) is 9.24. The van der Waals surface area contributed by atoms with E-state index in [2.05, 4.69) is 5.32 Å². The molecule has 1 heterocycles. The summed E-state index contributed by atoms with van der Waals surface area (Å²) < 4.78 is 5.84. The predicted octanol–water partition coefficient (Wildman–Crippen LogP) is 5.33. The summed E-state index contributed by atoms with van der Waals surface area (Å²) in [6, 6.07) is 20.2. The minimum atomic E-state index is -0.521. The maximum atomic E-state index is 12.9. The van der Waals surface area contributed by atoms with Crippen LogP contribution in [-0.2, 0) is 9.59 Å². The van der Waals surface area contributed by atoms with Crippen LogP contribution in [0.3, 0.4) is 0 Å². The molecule has 0 bridgehead atoms. The summed E-state index contributed by atoms with van der Waals surface area (Å²) in [4.78, 5) is 37.2. The van der Waals surface area contributed by atoms with Crippen LogP contribution in [0.15, 0.2) is 77.7 Å². The van der Waals surface area contributed by atoms with Crippen LogP contribution < -0.4 is 15.0 Å². The number of aryl methyl sites for hydroxylation is 1. The zero-order valence-electron chi connectivity index (χ0n) is 18.5. The van der Waals surface area contributed by atoms with Crippen molar-refractivity contribution in [3.8, 4) is 5.75 Å². The van der Waals surface area contributed by atoms with Gasteiger partial charge in [0, 0.05) is 17.8 Å². The number of carbonyl (C=O) groups is 2. The molecule has 0 atom stereocenters. The summed E-state index contributed by atoms with van der Waals surface area (Å²) in [5.41, 5.74) is 2.76. The van der Waals surface area contributed by atoms with E-state index in [1.807, 2.05) is 31.2 Å². The van der Waals surface area contributed by atoms with E-state index in [4.69, 9.17) is 17.0 Å². The van der Waals surface area contributed by atoms with Gasteiger partial charge in [-0.15, -0.1) is 0 Å².